The predicted octanol–water partition coefficient (Wildman–Crippen LogP) is 3.74. The Morgan fingerprint density at radius 2 is 1.93 bits per heavy atom. The third-order valence-corrected chi connectivity index (χ3v) is 5.97. The topological polar surface area (TPSA) is 94.4 Å². The van der Waals surface area contributed by atoms with Crippen molar-refractivity contribution in [2.75, 3.05) is 20.7 Å². The second-order valence-electron chi connectivity index (χ2n) is 6.02. The van der Waals surface area contributed by atoms with Gasteiger partial charge in [-0.2, -0.15) is 18.4 Å². The zero-order chi connectivity index (χ0) is 23.0. The van der Waals surface area contributed by atoms with E-state index in [-0.39, 0.29) is 18.1 Å². The van der Waals surface area contributed by atoms with Crippen LogP contribution < -0.4 is 5.30 Å². The lowest BCUT2D eigenvalue weighted by Gasteiger charge is -2.16. The quantitative estimate of drug-likeness (QED) is 0.290. The zero-order valence-corrected chi connectivity index (χ0v) is 18.3. The minimum absolute atomic E-state index is 0.163. The molecule has 1 heterocycles. The molecular weight excluding hydrogens is 469 g/mol. The number of hydrazone groups is 1. The maximum atomic E-state index is 13.1. The molecular formula is C16H16Cl2F3N5O3P+. The van der Waals surface area contributed by atoms with Gasteiger partial charge in [0.25, 0.3) is 0 Å². The van der Waals surface area contributed by atoms with Crippen LogP contribution in [0.5, 0.6) is 0 Å². The molecule has 0 amide bonds. The van der Waals surface area contributed by atoms with Gasteiger partial charge in [0.15, 0.2) is 11.0 Å². The van der Waals surface area contributed by atoms with Crippen LogP contribution in [0.2, 0.25) is 10.0 Å². The maximum absolute atomic E-state index is 13.1. The molecule has 0 aliphatic carbocycles. The van der Waals surface area contributed by atoms with Gasteiger partial charge in [0.05, 0.1) is 28.9 Å². The summed E-state index contributed by atoms with van der Waals surface area (Å²) in [5.74, 6) is -0.237. The maximum Gasteiger partial charge on any atom is 0.416 e. The SMILES string of the molecule is C=[N+](c1c(P(=O)(O)OCC)c(C#N)nn1-c1c(Cl)cc(C(F)(F)F)cc1Cl)N(C)C. The largest absolute Gasteiger partial charge is 0.416 e. The van der Waals surface area contributed by atoms with Crippen LogP contribution in [0.4, 0.5) is 19.0 Å². The normalized spacial score (nSPS) is 13.6. The van der Waals surface area contributed by atoms with Gasteiger partial charge in [0.1, 0.15) is 6.07 Å². The molecule has 30 heavy (non-hydrogen) atoms. The fourth-order valence-electron chi connectivity index (χ4n) is 2.48. The van der Waals surface area contributed by atoms with Crippen molar-refractivity contribution in [1.82, 2.24) is 14.8 Å². The van der Waals surface area contributed by atoms with E-state index in [2.05, 4.69) is 11.8 Å². The van der Waals surface area contributed by atoms with E-state index in [4.69, 9.17) is 27.7 Å². The Kier molecular flexibility index (Phi) is 6.91. The van der Waals surface area contributed by atoms with E-state index in [1.54, 1.807) is 6.07 Å². The van der Waals surface area contributed by atoms with Crippen LogP contribution in [0.1, 0.15) is 18.2 Å². The molecule has 1 aromatic heterocycles. The van der Waals surface area contributed by atoms with E-state index < -0.39 is 40.4 Å². The lowest BCUT2D eigenvalue weighted by atomic mass is 10.2. The fraction of sp³-hybridized carbons (Fsp3) is 0.312. The van der Waals surface area contributed by atoms with Crippen LogP contribution >= 0.6 is 30.8 Å². The summed E-state index contributed by atoms with van der Waals surface area (Å²) in [7, 11) is -1.52. The molecule has 2 aromatic rings. The summed E-state index contributed by atoms with van der Waals surface area (Å²) in [4.78, 5) is 10.4. The van der Waals surface area contributed by atoms with Gasteiger partial charge < -0.3 is 9.42 Å². The number of benzene rings is 1. The molecule has 162 valence electrons. The number of rotatable bonds is 6. The van der Waals surface area contributed by atoms with Crippen molar-refractivity contribution in [2.24, 2.45) is 0 Å². The smallest absolute Gasteiger partial charge is 0.321 e. The first kappa shape index (κ1) is 24.2. The van der Waals surface area contributed by atoms with E-state index in [0.717, 1.165) is 9.37 Å². The molecule has 0 bridgehead atoms. The van der Waals surface area contributed by atoms with Gasteiger partial charge in [-0.3, -0.25) is 4.57 Å². The molecule has 14 heteroatoms. The van der Waals surface area contributed by atoms with Crippen molar-refractivity contribution in [3.05, 3.63) is 33.4 Å². The average molecular weight is 485 g/mol. The van der Waals surface area contributed by atoms with Gasteiger partial charge in [-0.15, -0.1) is 4.68 Å². The summed E-state index contributed by atoms with van der Waals surface area (Å²) >= 11 is 12.1. The Balaban J connectivity index is 2.96. The van der Waals surface area contributed by atoms with Crippen LogP contribution in [0.25, 0.3) is 5.69 Å². The minimum atomic E-state index is -4.71. The first-order valence-electron chi connectivity index (χ1n) is 8.11. The Morgan fingerprint density at radius 1 is 1.40 bits per heavy atom. The first-order chi connectivity index (χ1) is 13.8. The summed E-state index contributed by atoms with van der Waals surface area (Å²) in [6.45, 7) is 5.03. The summed E-state index contributed by atoms with van der Waals surface area (Å²) in [5, 5.41) is 13.4. The summed E-state index contributed by atoms with van der Waals surface area (Å²) in [6, 6.07) is 2.93. The monoisotopic (exact) mass is 484 g/mol. The Hall–Kier alpha value is -2.09. The van der Waals surface area contributed by atoms with Gasteiger partial charge in [0.2, 0.25) is 5.69 Å². The van der Waals surface area contributed by atoms with E-state index in [9.17, 15) is 27.9 Å². The number of halogens is 5. The van der Waals surface area contributed by atoms with Crippen molar-refractivity contribution < 1.29 is 31.8 Å². The highest BCUT2D eigenvalue weighted by Gasteiger charge is 2.43. The standard InChI is InChI=1S/C16H15Cl2F3N5O3P/c1-5-29-30(27,28)14-12(8-22)23-26(15(14)25(4)24(2)3)13-10(17)6-9(7-11(13)18)16(19,20)21/h6-7H,4-5H2,1-3H3/p+1. The van der Waals surface area contributed by atoms with Crippen molar-refractivity contribution in [3.63, 3.8) is 0 Å². The Labute approximate surface area is 179 Å². The van der Waals surface area contributed by atoms with Crippen LogP contribution in [0, 0.1) is 11.3 Å². The van der Waals surface area contributed by atoms with Gasteiger partial charge >= 0.3 is 19.6 Å². The summed E-state index contributed by atoms with van der Waals surface area (Å²) in [6.07, 6.45) is -4.71. The number of hydrogen-bond acceptors (Lipinski definition) is 5. The van der Waals surface area contributed by atoms with Gasteiger partial charge in [-0.1, -0.05) is 33.0 Å². The number of hydrogen-bond donors (Lipinski definition) is 1. The number of nitriles is 1. The van der Waals surface area contributed by atoms with E-state index in [0.29, 0.717) is 12.1 Å². The van der Waals surface area contributed by atoms with Crippen LogP contribution in [-0.4, -0.2) is 51.8 Å². The molecule has 0 aliphatic rings. The number of nitrogens with zero attached hydrogens (tertiary/aromatic N) is 5. The fourth-order valence-corrected chi connectivity index (χ4v) is 4.44. The third-order valence-electron chi connectivity index (χ3n) is 3.81. The number of aromatic nitrogens is 2. The van der Waals surface area contributed by atoms with E-state index in [1.807, 2.05) is 0 Å². The third kappa shape index (κ3) is 4.48. The lowest BCUT2D eigenvalue weighted by molar-refractivity contribution is -0.605. The lowest BCUT2D eigenvalue weighted by Crippen LogP contribution is -2.28. The molecule has 1 N–H and O–H groups in total. The van der Waals surface area contributed by atoms with Crippen molar-refractivity contribution in [2.45, 2.75) is 13.1 Å². The van der Waals surface area contributed by atoms with Crippen LogP contribution in [0.15, 0.2) is 12.1 Å². The highest BCUT2D eigenvalue weighted by molar-refractivity contribution is 7.61. The van der Waals surface area contributed by atoms with Crippen molar-refractivity contribution in [3.8, 4) is 11.8 Å². The summed E-state index contributed by atoms with van der Waals surface area (Å²) < 4.78 is 58.9. The molecule has 0 spiro atoms. The predicted molar refractivity (Wildman–Crippen MR) is 105 cm³/mol. The number of hydrazine groups is 1. The Morgan fingerprint density at radius 3 is 2.33 bits per heavy atom. The molecule has 0 aliphatic heterocycles. The Bertz CT molecular complexity index is 1070. The molecule has 1 atom stereocenters. The van der Waals surface area contributed by atoms with Crippen LogP contribution in [-0.2, 0) is 15.3 Å². The molecule has 0 fully saturated rings. The molecule has 1 aromatic carbocycles. The molecule has 0 radical (unpaired) electrons. The molecule has 0 saturated heterocycles. The van der Waals surface area contributed by atoms with Gasteiger partial charge in [0, 0.05) is 14.1 Å². The van der Waals surface area contributed by atoms with Gasteiger partial charge in [-0.25, -0.2) is 5.01 Å². The molecule has 8 nitrogen and oxygen atoms in total. The summed E-state index contributed by atoms with van der Waals surface area (Å²) in [5.41, 5.74) is -1.85. The first-order valence-corrected chi connectivity index (χ1v) is 10.4. The van der Waals surface area contributed by atoms with Crippen LogP contribution in [0.3, 0.4) is 0 Å². The number of alkyl halides is 3. The average Bonchev–Trinajstić information content (AvgIpc) is 2.99. The van der Waals surface area contributed by atoms with Gasteiger partial charge in [-0.05, 0) is 19.1 Å². The van der Waals surface area contributed by atoms with E-state index in [1.165, 1.54) is 26.0 Å². The highest BCUT2D eigenvalue weighted by Crippen LogP contribution is 2.46. The highest BCUT2D eigenvalue weighted by atomic mass is 35.5. The molecule has 2 rings (SSSR count). The van der Waals surface area contributed by atoms with Crippen molar-refractivity contribution in [1.29, 1.82) is 5.26 Å². The minimum Gasteiger partial charge on any atom is -0.321 e. The second kappa shape index (κ2) is 8.57. The molecule has 0 saturated carbocycles. The molecule has 1 unspecified atom stereocenters. The van der Waals surface area contributed by atoms with Crippen molar-refractivity contribution >= 4 is 48.6 Å². The second-order valence-corrected chi connectivity index (χ2v) is 8.58. The zero-order valence-electron chi connectivity index (χ0n) is 15.9. The van der Waals surface area contributed by atoms with E-state index >= 15 is 0 Å².